The predicted octanol–water partition coefficient (Wildman–Crippen LogP) is 5.56. The molecule has 1 aromatic carbocycles. The summed E-state index contributed by atoms with van der Waals surface area (Å²) < 4.78 is 0. The van der Waals surface area contributed by atoms with E-state index in [1.807, 2.05) is 27.7 Å². The Morgan fingerprint density at radius 2 is 1.67 bits per heavy atom. The summed E-state index contributed by atoms with van der Waals surface area (Å²) in [4.78, 5) is 0. The van der Waals surface area contributed by atoms with Crippen LogP contribution in [0.25, 0.3) is 5.57 Å². The quantitative estimate of drug-likeness (QED) is 0.556. The van der Waals surface area contributed by atoms with Crippen LogP contribution in [0.2, 0.25) is 0 Å². The van der Waals surface area contributed by atoms with Crippen molar-refractivity contribution < 1.29 is 0 Å². The van der Waals surface area contributed by atoms with Gasteiger partial charge >= 0.3 is 0 Å². The Bertz CT molecular complexity index is 459. The predicted molar refractivity (Wildman–Crippen MR) is 82.7 cm³/mol. The standard InChI is InChI=1S/C14H12.2C2H6/c1-2-6-11-10-12-7-4-5-9-14(12)13(11)8-3-1;2*1-2/h1,3-9H,2,10H2;2*1-2H3. The first-order valence-corrected chi connectivity index (χ1v) is 7.09. The van der Waals surface area contributed by atoms with Gasteiger partial charge in [-0.15, -0.1) is 0 Å². The zero-order valence-electron chi connectivity index (χ0n) is 12.0. The molecule has 18 heavy (non-hydrogen) atoms. The van der Waals surface area contributed by atoms with Crippen molar-refractivity contribution in [3.05, 3.63) is 65.3 Å². The molecule has 0 aliphatic heterocycles. The topological polar surface area (TPSA) is 0 Å². The Morgan fingerprint density at radius 3 is 2.44 bits per heavy atom. The normalized spacial score (nSPS) is 14.7. The maximum atomic E-state index is 2.34. The third-order valence-corrected chi connectivity index (χ3v) is 2.93. The SMILES string of the molecule is C1=CCC=C2Cc3ccccc3C2=C1.CC.CC. The van der Waals surface area contributed by atoms with Crippen LogP contribution in [-0.2, 0) is 6.42 Å². The van der Waals surface area contributed by atoms with Crippen molar-refractivity contribution >= 4 is 5.57 Å². The zero-order valence-corrected chi connectivity index (χ0v) is 12.0. The number of benzene rings is 1. The summed E-state index contributed by atoms with van der Waals surface area (Å²) in [5.41, 5.74) is 5.82. The van der Waals surface area contributed by atoms with Gasteiger partial charge in [-0.1, -0.05) is 76.3 Å². The van der Waals surface area contributed by atoms with Gasteiger partial charge in [-0.3, -0.25) is 0 Å². The third kappa shape index (κ3) is 3.01. The van der Waals surface area contributed by atoms with E-state index in [4.69, 9.17) is 0 Å². The number of allylic oxidation sites excluding steroid dienone is 6. The molecule has 0 heterocycles. The van der Waals surface area contributed by atoms with Crippen molar-refractivity contribution in [2.45, 2.75) is 40.5 Å². The minimum atomic E-state index is 1.07. The van der Waals surface area contributed by atoms with Crippen LogP contribution in [-0.4, -0.2) is 0 Å². The number of fused-ring (bicyclic) bond motifs is 3. The van der Waals surface area contributed by atoms with E-state index in [2.05, 4.69) is 48.6 Å². The van der Waals surface area contributed by atoms with Crippen LogP contribution in [0, 0.1) is 0 Å². The fourth-order valence-corrected chi connectivity index (χ4v) is 2.24. The summed E-state index contributed by atoms with van der Waals surface area (Å²) in [5.74, 6) is 0. The molecular formula is C18H24. The van der Waals surface area contributed by atoms with Crippen molar-refractivity contribution in [2.24, 2.45) is 0 Å². The summed E-state index contributed by atoms with van der Waals surface area (Å²) in [5, 5.41) is 0. The van der Waals surface area contributed by atoms with E-state index >= 15 is 0 Å². The first-order valence-electron chi connectivity index (χ1n) is 7.09. The summed E-state index contributed by atoms with van der Waals surface area (Å²) in [7, 11) is 0. The van der Waals surface area contributed by atoms with Gasteiger partial charge in [0.15, 0.2) is 0 Å². The van der Waals surface area contributed by atoms with Gasteiger partial charge in [-0.05, 0) is 35.1 Å². The largest absolute Gasteiger partial charge is 0.0807 e. The van der Waals surface area contributed by atoms with Crippen LogP contribution >= 0.6 is 0 Å². The average Bonchev–Trinajstić information content (AvgIpc) is 2.65. The molecule has 0 bridgehead atoms. The van der Waals surface area contributed by atoms with Crippen LogP contribution in [0.4, 0.5) is 0 Å². The first-order chi connectivity index (χ1) is 8.95. The molecule has 2 aliphatic carbocycles. The van der Waals surface area contributed by atoms with Gasteiger partial charge in [-0.25, -0.2) is 0 Å². The number of rotatable bonds is 0. The van der Waals surface area contributed by atoms with Crippen molar-refractivity contribution in [1.29, 1.82) is 0 Å². The Kier molecular flexibility index (Phi) is 6.21. The highest BCUT2D eigenvalue weighted by molar-refractivity contribution is 5.87. The minimum absolute atomic E-state index is 1.07. The lowest BCUT2D eigenvalue weighted by atomic mass is 10.1. The molecule has 0 saturated carbocycles. The van der Waals surface area contributed by atoms with E-state index in [0.717, 1.165) is 12.8 Å². The smallest absolute Gasteiger partial charge is 0.00165 e. The first kappa shape index (κ1) is 14.5. The molecule has 0 spiro atoms. The summed E-state index contributed by atoms with van der Waals surface area (Å²) in [6, 6.07) is 8.70. The molecule has 2 aliphatic rings. The molecule has 96 valence electrons. The van der Waals surface area contributed by atoms with Gasteiger partial charge < -0.3 is 0 Å². The van der Waals surface area contributed by atoms with Gasteiger partial charge in [0.2, 0.25) is 0 Å². The second kappa shape index (κ2) is 7.71. The second-order valence-corrected chi connectivity index (χ2v) is 3.81. The molecule has 0 nitrogen and oxygen atoms in total. The molecule has 0 fully saturated rings. The van der Waals surface area contributed by atoms with Crippen LogP contribution in [0.3, 0.4) is 0 Å². The van der Waals surface area contributed by atoms with Gasteiger partial charge in [0.05, 0.1) is 0 Å². The molecule has 0 saturated heterocycles. The van der Waals surface area contributed by atoms with Crippen molar-refractivity contribution in [3.63, 3.8) is 0 Å². The van der Waals surface area contributed by atoms with E-state index in [-0.39, 0.29) is 0 Å². The van der Waals surface area contributed by atoms with Crippen LogP contribution in [0.1, 0.15) is 45.2 Å². The fraction of sp³-hybridized carbons (Fsp3) is 0.333. The zero-order chi connectivity index (χ0) is 13.4. The highest BCUT2D eigenvalue weighted by atomic mass is 14.2. The molecule has 0 heteroatoms. The van der Waals surface area contributed by atoms with Crippen LogP contribution < -0.4 is 0 Å². The van der Waals surface area contributed by atoms with Crippen molar-refractivity contribution in [3.8, 4) is 0 Å². The number of hydrogen-bond acceptors (Lipinski definition) is 0. The van der Waals surface area contributed by atoms with E-state index in [1.54, 1.807) is 0 Å². The molecule has 1 aromatic rings. The second-order valence-electron chi connectivity index (χ2n) is 3.81. The molecule has 0 atom stereocenters. The maximum absolute atomic E-state index is 2.34. The summed E-state index contributed by atoms with van der Waals surface area (Å²) in [6.07, 6.45) is 11.1. The molecule has 0 N–H and O–H groups in total. The lowest BCUT2D eigenvalue weighted by Crippen LogP contribution is -1.78. The van der Waals surface area contributed by atoms with E-state index < -0.39 is 0 Å². The summed E-state index contributed by atoms with van der Waals surface area (Å²) in [6.45, 7) is 8.00. The highest BCUT2D eigenvalue weighted by Crippen LogP contribution is 2.37. The van der Waals surface area contributed by atoms with Gasteiger partial charge in [-0.2, -0.15) is 0 Å². The lowest BCUT2D eigenvalue weighted by molar-refractivity contribution is 1.23. The third-order valence-electron chi connectivity index (χ3n) is 2.93. The average molecular weight is 240 g/mol. The van der Waals surface area contributed by atoms with Gasteiger partial charge in [0.25, 0.3) is 0 Å². The Morgan fingerprint density at radius 1 is 0.944 bits per heavy atom. The Balaban J connectivity index is 0.000000371. The molecular weight excluding hydrogens is 216 g/mol. The minimum Gasteiger partial charge on any atom is -0.0807 e. The van der Waals surface area contributed by atoms with E-state index in [1.165, 1.54) is 22.3 Å². The van der Waals surface area contributed by atoms with Crippen LogP contribution in [0.15, 0.2) is 54.1 Å². The maximum Gasteiger partial charge on any atom is -0.00165 e. The monoisotopic (exact) mass is 240 g/mol. The lowest BCUT2D eigenvalue weighted by Gasteiger charge is -1.99. The highest BCUT2D eigenvalue weighted by Gasteiger charge is 2.19. The number of hydrogen-bond donors (Lipinski definition) is 0. The summed E-state index contributed by atoms with van der Waals surface area (Å²) >= 11 is 0. The molecule has 0 radical (unpaired) electrons. The molecule has 0 aromatic heterocycles. The Labute approximate surface area is 112 Å². The van der Waals surface area contributed by atoms with Crippen molar-refractivity contribution in [2.75, 3.05) is 0 Å². The van der Waals surface area contributed by atoms with E-state index in [0.29, 0.717) is 0 Å². The van der Waals surface area contributed by atoms with Gasteiger partial charge in [0, 0.05) is 0 Å². The molecule has 0 unspecified atom stereocenters. The Hall–Kier alpha value is -1.56. The van der Waals surface area contributed by atoms with Crippen molar-refractivity contribution in [1.82, 2.24) is 0 Å². The van der Waals surface area contributed by atoms with E-state index in [9.17, 15) is 0 Å². The molecule has 3 rings (SSSR count). The van der Waals surface area contributed by atoms with Gasteiger partial charge in [0.1, 0.15) is 0 Å². The van der Waals surface area contributed by atoms with Crippen LogP contribution in [0.5, 0.6) is 0 Å². The molecule has 0 amide bonds. The fourth-order valence-electron chi connectivity index (χ4n) is 2.24.